The second-order valence-corrected chi connectivity index (χ2v) is 7.48. The van der Waals surface area contributed by atoms with Crippen LogP contribution in [0.4, 0.5) is 0 Å². The summed E-state index contributed by atoms with van der Waals surface area (Å²) in [7, 11) is 0. The van der Waals surface area contributed by atoms with Crippen LogP contribution in [0.5, 0.6) is 0 Å². The van der Waals surface area contributed by atoms with E-state index in [1.807, 2.05) is 56.3 Å². The molecule has 126 valence electrons. The molecular formula is C20H18N2O2S. The average Bonchev–Trinajstić information content (AvgIpc) is 3.03. The van der Waals surface area contributed by atoms with Crippen molar-refractivity contribution in [2.45, 2.75) is 24.2 Å². The monoisotopic (exact) mass is 350 g/mol. The number of carbonyl (C=O) groups is 1. The van der Waals surface area contributed by atoms with E-state index in [2.05, 4.69) is 17.1 Å². The number of nitrogens with one attached hydrogen (secondary N) is 1. The van der Waals surface area contributed by atoms with Crippen molar-refractivity contribution in [2.24, 2.45) is 0 Å². The Kier molecular flexibility index (Phi) is 4.56. The Morgan fingerprint density at radius 3 is 2.56 bits per heavy atom. The second kappa shape index (κ2) is 6.66. The summed E-state index contributed by atoms with van der Waals surface area (Å²) in [5.41, 5.74) is 3.54. The highest BCUT2D eigenvalue weighted by Crippen LogP contribution is 2.30. The number of rotatable bonds is 5. The number of nitrogens with zero attached hydrogens (tertiary/aromatic N) is 1. The summed E-state index contributed by atoms with van der Waals surface area (Å²) in [6.45, 7) is 3.81. The molecule has 0 saturated carbocycles. The van der Waals surface area contributed by atoms with E-state index < -0.39 is 11.4 Å². The zero-order chi connectivity index (χ0) is 18.0. The van der Waals surface area contributed by atoms with Crippen LogP contribution in [0.2, 0.25) is 0 Å². The second-order valence-electron chi connectivity index (χ2n) is 6.43. The van der Waals surface area contributed by atoms with Gasteiger partial charge < -0.3 is 10.1 Å². The number of fused-ring (bicyclic) bond motifs is 1. The van der Waals surface area contributed by atoms with Crippen molar-refractivity contribution in [3.05, 3.63) is 54.1 Å². The van der Waals surface area contributed by atoms with Gasteiger partial charge in [-0.3, -0.25) is 4.79 Å². The number of thioether (sulfide) groups is 1. The summed E-state index contributed by atoms with van der Waals surface area (Å²) in [6, 6.07) is 18.3. The average molecular weight is 350 g/mol. The van der Waals surface area contributed by atoms with Gasteiger partial charge in [-0.15, -0.1) is 11.8 Å². The first-order chi connectivity index (χ1) is 11.9. The number of H-pyrrole nitrogens is 1. The Labute approximate surface area is 150 Å². The highest BCUT2D eigenvalue weighted by atomic mass is 32.2. The molecule has 0 atom stereocenters. The van der Waals surface area contributed by atoms with Gasteiger partial charge in [0.15, 0.2) is 0 Å². The number of nitriles is 1. The van der Waals surface area contributed by atoms with E-state index in [-0.39, 0.29) is 5.75 Å². The molecule has 2 N–H and O–H groups in total. The summed E-state index contributed by atoms with van der Waals surface area (Å²) in [6.07, 6.45) is 0. The van der Waals surface area contributed by atoms with Crippen molar-refractivity contribution in [1.82, 2.24) is 4.98 Å². The molecule has 25 heavy (non-hydrogen) atoms. The maximum atomic E-state index is 10.7. The predicted molar refractivity (Wildman–Crippen MR) is 101 cm³/mol. The molecule has 2 aromatic carbocycles. The SMILES string of the molecule is CC(C)(C#N)c1ccc(-c2cc3cc(SCC(=O)O)ccc3[nH]2)cc1. The largest absolute Gasteiger partial charge is 0.481 e. The Balaban J connectivity index is 1.89. The van der Waals surface area contributed by atoms with Crippen LogP contribution in [-0.2, 0) is 10.2 Å². The molecule has 4 nitrogen and oxygen atoms in total. The molecular weight excluding hydrogens is 332 g/mol. The number of aromatic amines is 1. The quantitative estimate of drug-likeness (QED) is 0.647. The summed E-state index contributed by atoms with van der Waals surface area (Å²) >= 11 is 1.31. The molecule has 3 aromatic rings. The summed E-state index contributed by atoms with van der Waals surface area (Å²) in [5.74, 6) is -0.765. The maximum Gasteiger partial charge on any atom is 0.313 e. The van der Waals surface area contributed by atoms with Gasteiger partial charge >= 0.3 is 5.97 Å². The molecule has 5 heteroatoms. The third-order valence-corrected chi connectivity index (χ3v) is 5.13. The van der Waals surface area contributed by atoms with E-state index in [1.54, 1.807) is 0 Å². The molecule has 3 rings (SSSR count). The number of carboxylic acid groups (broad SMARTS) is 1. The Hall–Kier alpha value is -2.71. The van der Waals surface area contributed by atoms with Gasteiger partial charge in [0.2, 0.25) is 0 Å². The molecule has 0 amide bonds. The number of aliphatic carboxylic acids is 1. The van der Waals surface area contributed by atoms with E-state index in [0.717, 1.165) is 32.6 Å². The third-order valence-electron chi connectivity index (χ3n) is 4.15. The molecule has 1 heterocycles. The van der Waals surface area contributed by atoms with E-state index >= 15 is 0 Å². The lowest BCUT2D eigenvalue weighted by Gasteiger charge is -2.15. The molecule has 0 fully saturated rings. The van der Waals surface area contributed by atoms with Crippen molar-refractivity contribution in [3.8, 4) is 17.3 Å². The highest BCUT2D eigenvalue weighted by molar-refractivity contribution is 8.00. The van der Waals surface area contributed by atoms with Gasteiger partial charge in [0.1, 0.15) is 0 Å². The van der Waals surface area contributed by atoms with Gasteiger partial charge in [-0.1, -0.05) is 24.3 Å². The highest BCUT2D eigenvalue weighted by Gasteiger charge is 2.19. The molecule has 0 aliphatic rings. The lowest BCUT2D eigenvalue weighted by atomic mass is 9.86. The molecule has 0 spiro atoms. The van der Waals surface area contributed by atoms with Crippen molar-refractivity contribution in [2.75, 3.05) is 5.75 Å². The van der Waals surface area contributed by atoms with E-state index in [0.29, 0.717) is 0 Å². The maximum absolute atomic E-state index is 10.7. The molecule has 0 aliphatic carbocycles. The van der Waals surface area contributed by atoms with Gasteiger partial charge in [0, 0.05) is 21.5 Å². The van der Waals surface area contributed by atoms with Crippen molar-refractivity contribution >= 4 is 28.6 Å². The third kappa shape index (κ3) is 3.70. The first-order valence-corrected chi connectivity index (χ1v) is 8.87. The fourth-order valence-electron chi connectivity index (χ4n) is 2.63. The van der Waals surface area contributed by atoms with E-state index in [1.165, 1.54) is 11.8 Å². The van der Waals surface area contributed by atoms with Crippen LogP contribution in [-0.4, -0.2) is 21.8 Å². The first kappa shape index (κ1) is 17.1. The number of carboxylic acids is 1. The number of aromatic nitrogens is 1. The van der Waals surface area contributed by atoms with Crippen LogP contribution in [0.25, 0.3) is 22.2 Å². The molecule has 0 radical (unpaired) electrons. The van der Waals surface area contributed by atoms with E-state index in [4.69, 9.17) is 5.11 Å². The first-order valence-electron chi connectivity index (χ1n) is 7.88. The zero-order valence-electron chi connectivity index (χ0n) is 14.0. The summed E-state index contributed by atoms with van der Waals surface area (Å²) in [4.78, 5) is 15.0. The lowest BCUT2D eigenvalue weighted by molar-refractivity contribution is -0.133. The van der Waals surface area contributed by atoms with Gasteiger partial charge in [-0.05, 0) is 49.2 Å². The number of hydrogen-bond acceptors (Lipinski definition) is 3. The molecule has 1 aromatic heterocycles. The van der Waals surface area contributed by atoms with Crippen molar-refractivity contribution in [3.63, 3.8) is 0 Å². The van der Waals surface area contributed by atoms with Gasteiger partial charge in [-0.2, -0.15) is 5.26 Å². The van der Waals surface area contributed by atoms with Crippen molar-refractivity contribution < 1.29 is 9.90 Å². The molecule has 0 unspecified atom stereocenters. The number of benzene rings is 2. The van der Waals surface area contributed by atoms with Crippen molar-refractivity contribution in [1.29, 1.82) is 5.26 Å². The smallest absolute Gasteiger partial charge is 0.313 e. The van der Waals surface area contributed by atoms with Gasteiger partial charge in [0.25, 0.3) is 0 Å². The van der Waals surface area contributed by atoms with Gasteiger partial charge in [0.05, 0.1) is 17.2 Å². The normalized spacial score (nSPS) is 11.4. The predicted octanol–water partition coefficient (Wildman–Crippen LogP) is 4.81. The Morgan fingerprint density at radius 1 is 1.20 bits per heavy atom. The molecule has 0 aliphatic heterocycles. The van der Waals surface area contributed by atoms with Crippen LogP contribution in [0.15, 0.2) is 53.4 Å². The van der Waals surface area contributed by atoms with Crippen LogP contribution in [0.1, 0.15) is 19.4 Å². The summed E-state index contributed by atoms with van der Waals surface area (Å²) < 4.78 is 0. The van der Waals surface area contributed by atoms with Crippen LogP contribution >= 0.6 is 11.8 Å². The zero-order valence-corrected chi connectivity index (χ0v) is 14.9. The molecule has 0 saturated heterocycles. The molecule has 0 bridgehead atoms. The standard InChI is InChI=1S/C20H18N2O2S/c1-20(2,12-21)15-5-3-13(4-6-15)18-10-14-9-16(25-11-19(23)24)7-8-17(14)22-18/h3-10,22H,11H2,1-2H3,(H,23,24). The number of hydrogen-bond donors (Lipinski definition) is 2. The Morgan fingerprint density at radius 2 is 1.92 bits per heavy atom. The van der Waals surface area contributed by atoms with Gasteiger partial charge in [-0.25, -0.2) is 0 Å². The van der Waals surface area contributed by atoms with Crippen LogP contribution in [0, 0.1) is 11.3 Å². The van der Waals surface area contributed by atoms with E-state index in [9.17, 15) is 10.1 Å². The van der Waals surface area contributed by atoms with Crippen LogP contribution < -0.4 is 0 Å². The Bertz CT molecular complexity index is 966. The fourth-order valence-corrected chi connectivity index (χ4v) is 3.30. The topological polar surface area (TPSA) is 76.9 Å². The van der Waals surface area contributed by atoms with Crippen LogP contribution in [0.3, 0.4) is 0 Å². The minimum absolute atomic E-state index is 0.0545. The minimum Gasteiger partial charge on any atom is -0.481 e. The minimum atomic E-state index is -0.819. The fraction of sp³-hybridized carbons (Fsp3) is 0.200. The summed E-state index contributed by atoms with van der Waals surface area (Å²) in [5, 5.41) is 19.1. The lowest BCUT2D eigenvalue weighted by Crippen LogP contribution is -2.13.